The van der Waals surface area contributed by atoms with Gasteiger partial charge in [-0.2, -0.15) is 0 Å². The molecule has 0 spiro atoms. The van der Waals surface area contributed by atoms with Gasteiger partial charge in [-0.15, -0.1) is 0 Å². The molecule has 1 unspecified atom stereocenters. The predicted molar refractivity (Wildman–Crippen MR) is 94.2 cm³/mol. The van der Waals surface area contributed by atoms with Gasteiger partial charge in [-0.05, 0) is 44.0 Å². The van der Waals surface area contributed by atoms with Crippen molar-refractivity contribution in [2.24, 2.45) is 5.92 Å². The van der Waals surface area contributed by atoms with Gasteiger partial charge in [-0.25, -0.2) is 0 Å². The van der Waals surface area contributed by atoms with Crippen LogP contribution in [0.5, 0.6) is 11.5 Å². The topological polar surface area (TPSA) is 50.8 Å². The fourth-order valence-corrected chi connectivity index (χ4v) is 3.47. The van der Waals surface area contributed by atoms with E-state index < -0.39 is 0 Å². The number of hydrogen-bond acceptors (Lipinski definition) is 4. The van der Waals surface area contributed by atoms with E-state index in [2.05, 4.69) is 17.1 Å². The van der Waals surface area contributed by atoms with Gasteiger partial charge >= 0.3 is 0 Å². The number of fused-ring (bicyclic) bond motifs is 1. The number of rotatable bonds is 5. The zero-order valence-electron chi connectivity index (χ0n) is 14.1. The number of carbonyl (C=O) groups is 1. The summed E-state index contributed by atoms with van der Waals surface area (Å²) in [6.45, 7) is 7.35. The van der Waals surface area contributed by atoms with E-state index >= 15 is 0 Å². The minimum atomic E-state index is -0.124. The molecular weight excluding hydrogens is 328 g/mol. The molecule has 6 heteroatoms. The summed E-state index contributed by atoms with van der Waals surface area (Å²) in [6, 6.07) is 3.36. The van der Waals surface area contributed by atoms with Crippen molar-refractivity contribution in [2.45, 2.75) is 26.2 Å². The molecule has 24 heavy (non-hydrogen) atoms. The molecule has 1 aromatic rings. The van der Waals surface area contributed by atoms with E-state index in [1.54, 1.807) is 12.1 Å². The second-order valence-electron chi connectivity index (χ2n) is 6.66. The van der Waals surface area contributed by atoms with Crippen LogP contribution in [0.1, 0.15) is 36.5 Å². The van der Waals surface area contributed by atoms with Crippen LogP contribution in [0, 0.1) is 5.92 Å². The van der Waals surface area contributed by atoms with Gasteiger partial charge in [0, 0.05) is 25.1 Å². The molecular formula is C18H25ClN2O3. The van der Waals surface area contributed by atoms with E-state index in [-0.39, 0.29) is 5.91 Å². The van der Waals surface area contributed by atoms with Gasteiger partial charge in [0.05, 0.1) is 18.2 Å². The van der Waals surface area contributed by atoms with Gasteiger partial charge < -0.3 is 19.7 Å². The van der Waals surface area contributed by atoms with Crippen molar-refractivity contribution in [1.82, 2.24) is 10.2 Å². The number of likely N-dealkylation sites (tertiary alicyclic amines) is 1. The first-order valence-electron chi connectivity index (χ1n) is 8.73. The van der Waals surface area contributed by atoms with Crippen LogP contribution in [0.4, 0.5) is 0 Å². The number of carbonyl (C=O) groups excluding carboxylic acids is 1. The fraction of sp³-hybridized carbons (Fsp3) is 0.611. The van der Waals surface area contributed by atoms with Crippen molar-refractivity contribution in [3.63, 3.8) is 0 Å². The monoisotopic (exact) mass is 352 g/mol. The minimum absolute atomic E-state index is 0.124. The molecule has 1 aromatic carbocycles. The molecule has 0 saturated carbocycles. The molecule has 2 aliphatic heterocycles. The highest BCUT2D eigenvalue weighted by molar-refractivity contribution is 6.32. The lowest BCUT2D eigenvalue weighted by atomic mass is 10.1. The third-order valence-corrected chi connectivity index (χ3v) is 4.72. The number of hydrogen-bond donors (Lipinski definition) is 1. The van der Waals surface area contributed by atoms with Crippen molar-refractivity contribution in [3.8, 4) is 11.5 Å². The SMILES string of the molecule is CC(CNC(=O)c1cc(Cl)c2c(c1)OCCCO2)CN1CCCC1. The Labute approximate surface area is 148 Å². The van der Waals surface area contributed by atoms with Crippen LogP contribution >= 0.6 is 11.6 Å². The molecule has 2 aliphatic rings. The first-order valence-corrected chi connectivity index (χ1v) is 9.11. The van der Waals surface area contributed by atoms with E-state index in [0.29, 0.717) is 47.8 Å². The molecule has 2 heterocycles. The molecule has 1 N–H and O–H groups in total. The Bertz CT molecular complexity index is 588. The van der Waals surface area contributed by atoms with Crippen LogP contribution in [-0.2, 0) is 0 Å². The van der Waals surface area contributed by atoms with E-state index in [9.17, 15) is 4.79 Å². The molecule has 1 atom stereocenters. The molecule has 5 nitrogen and oxygen atoms in total. The Morgan fingerprint density at radius 2 is 2.00 bits per heavy atom. The second kappa shape index (κ2) is 8.08. The average molecular weight is 353 g/mol. The van der Waals surface area contributed by atoms with Gasteiger partial charge in [0.2, 0.25) is 0 Å². The fourth-order valence-electron chi connectivity index (χ4n) is 3.20. The first-order chi connectivity index (χ1) is 11.6. The summed E-state index contributed by atoms with van der Waals surface area (Å²) in [5.41, 5.74) is 0.512. The number of nitrogens with zero attached hydrogens (tertiary/aromatic N) is 1. The molecule has 0 bridgehead atoms. The van der Waals surface area contributed by atoms with Crippen LogP contribution in [0.25, 0.3) is 0 Å². The maximum Gasteiger partial charge on any atom is 0.251 e. The molecule has 132 valence electrons. The normalized spacial score (nSPS) is 18.9. The third kappa shape index (κ3) is 4.33. The van der Waals surface area contributed by atoms with Crippen LogP contribution in [0.3, 0.4) is 0 Å². The standard InChI is InChI=1S/C18H25ClN2O3/c1-13(12-21-5-2-3-6-21)11-20-18(22)14-9-15(19)17-16(10-14)23-7-4-8-24-17/h9-10,13H,2-8,11-12H2,1H3,(H,20,22). The van der Waals surface area contributed by atoms with Crippen molar-refractivity contribution >= 4 is 17.5 Å². The van der Waals surface area contributed by atoms with Crippen molar-refractivity contribution in [2.75, 3.05) is 39.4 Å². The van der Waals surface area contributed by atoms with E-state index in [0.717, 1.165) is 13.0 Å². The van der Waals surface area contributed by atoms with Crippen LogP contribution in [-0.4, -0.2) is 50.2 Å². The van der Waals surface area contributed by atoms with Crippen molar-refractivity contribution in [1.29, 1.82) is 0 Å². The van der Waals surface area contributed by atoms with Gasteiger partial charge in [0.25, 0.3) is 5.91 Å². The molecule has 1 amide bonds. The average Bonchev–Trinajstić information content (AvgIpc) is 2.94. The maximum atomic E-state index is 12.4. The zero-order chi connectivity index (χ0) is 16.9. The van der Waals surface area contributed by atoms with Gasteiger partial charge in [0.1, 0.15) is 0 Å². The molecule has 3 rings (SSSR count). The summed E-state index contributed by atoms with van der Waals surface area (Å²) in [5, 5.41) is 3.42. The molecule has 0 aromatic heterocycles. The van der Waals surface area contributed by atoms with Crippen LogP contribution in [0.2, 0.25) is 5.02 Å². The lowest BCUT2D eigenvalue weighted by Crippen LogP contribution is -2.34. The van der Waals surface area contributed by atoms with Crippen molar-refractivity contribution < 1.29 is 14.3 Å². The highest BCUT2D eigenvalue weighted by Gasteiger charge is 2.19. The lowest BCUT2D eigenvalue weighted by Gasteiger charge is -2.20. The lowest BCUT2D eigenvalue weighted by molar-refractivity contribution is 0.0944. The van der Waals surface area contributed by atoms with Gasteiger partial charge in [-0.3, -0.25) is 4.79 Å². The summed E-state index contributed by atoms with van der Waals surface area (Å²) in [7, 11) is 0. The number of benzene rings is 1. The smallest absolute Gasteiger partial charge is 0.251 e. The number of ether oxygens (including phenoxy) is 2. The summed E-state index contributed by atoms with van der Waals surface area (Å²) in [5.74, 6) is 1.38. The summed E-state index contributed by atoms with van der Waals surface area (Å²) < 4.78 is 11.2. The highest BCUT2D eigenvalue weighted by Crippen LogP contribution is 2.37. The van der Waals surface area contributed by atoms with Crippen molar-refractivity contribution in [3.05, 3.63) is 22.7 Å². The maximum absolute atomic E-state index is 12.4. The molecule has 1 fully saturated rings. The largest absolute Gasteiger partial charge is 0.489 e. The number of amides is 1. The Morgan fingerprint density at radius 1 is 1.25 bits per heavy atom. The number of halogens is 1. The van der Waals surface area contributed by atoms with Crippen LogP contribution < -0.4 is 14.8 Å². The van der Waals surface area contributed by atoms with Crippen LogP contribution in [0.15, 0.2) is 12.1 Å². The van der Waals surface area contributed by atoms with E-state index in [4.69, 9.17) is 21.1 Å². The second-order valence-corrected chi connectivity index (χ2v) is 7.07. The predicted octanol–water partition coefficient (Wildman–Crippen LogP) is 2.96. The zero-order valence-corrected chi connectivity index (χ0v) is 14.9. The summed E-state index contributed by atoms with van der Waals surface area (Å²) >= 11 is 6.25. The number of nitrogens with one attached hydrogen (secondary N) is 1. The quantitative estimate of drug-likeness (QED) is 0.885. The molecule has 0 aliphatic carbocycles. The van der Waals surface area contributed by atoms with E-state index in [1.807, 2.05) is 0 Å². The summed E-state index contributed by atoms with van der Waals surface area (Å²) in [4.78, 5) is 14.9. The third-order valence-electron chi connectivity index (χ3n) is 4.44. The Morgan fingerprint density at radius 3 is 2.79 bits per heavy atom. The first kappa shape index (κ1) is 17.4. The minimum Gasteiger partial charge on any atom is -0.489 e. The van der Waals surface area contributed by atoms with E-state index in [1.165, 1.54) is 25.9 Å². The molecule has 1 saturated heterocycles. The Hall–Kier alpha value is -1.46. The highest BCUT2D eigenvalue weighted by atomic mass is 35.5. The Kier molecular flexibility index (Phi) is 5.85. The van der Waals surface area contributed by atoms with Gasteiger partial charge in [0.15, 0.2) is 11.5 Å². The van der Waals surface area contributed by atoms with Gasteiger partial charge in [-0.1, -0.05) is 18.5 Å². The molecule has 0 radical (unpaired) electrons. The summed E-state index contributed by atoms with van der Waals surface area (Å²) in [6.07, 6.45) is 3.38. The Balaban J connectivity index is 1.58.